The first-order valence-electron chi connectivity index (χ1n) is 17.7. The number of rotatable bonds is 16. The van der Waals surface area contributed by atoms with Gasteiger partial charge in [0.25, 0.3) is 0 Å². The van der Waals surface area contributed by atoms with Crippen LogP contribution in [0.2, 0.25) is 0 Å². The number of aromatic amines is 1. The number of imide groups is 1. The first-order chi connectivity index (χ1) is 24.7. The van der Waals surface area contributed by atoms with Crippen LogP contribution in [0.15, 0.2) is 85.3 Å². The third kappa shape index (κ3) is 11.7. The fourth-order valence-electron chi connectivity index (χ4n) is 5.93. The first kappa shape index (κ1) is 39.7. The van der Waals surface area contributed by atoms with Crippen LogP contribution in [-0.4, -0.2) is 73.7 Å². The summed E-state index contributed by atoms with van der Waals surface area (Å²) in [6.45, 7) is 8.95. The lowest BCUT2D eigenvalue weighted by Crippen LogP contribution is -2.60. The highest BCUT2D eigenvalue weighted by molar-refractivity contribution is 6.00. The summed E-state index contributed by atoms with van der Waals surface area (Å²) in [6.07, 6.45) is 1.03. The number of esters is 1. The minimum atomic E-state index is -1.44. The normalized spacial score (nSPS) is 13.9. The minimum Gasteiger partial charge on any atom is -0.461 e. The SMILES string of the molecule is CC(C)C[C@H](NC(=O)[C@H](Cc1c[nH]cn1)N(C(=O)OC(C)(C)C)C(=O)[C@@H](N)Cc1cccc2ccccc12)[C@@H](O)CCC(=O)OCc1ccccc1. The highest BCUT2D eigenvalue weighted by Crippen LogP contribution is 2.22. The van der Waals surface area contributed by atoms with Crippen LogP contribution in [0.4, 0.5) is 4.79 Å². The van der Waals surface area contributed by atoms with Gasteiger partial charge in [0.1, 0.15) is 18.2 Å². The van der Waals surface area contributed by atoms with E-state index in [0.29, 0.717) is 12.1 Å². The molecule has 12 nitrogen and oxygen atoms in total. The molecular weight excluding hydrogens is 662 g/mol. The highest BCUT2D eigenvalue weighted by atomic mass is 16.6. The van der Waals surface area contributed by atoms with Crippen molar-refractivity contribution in [3.05, 3.63) is 102 Å². The molecule has 52 heavy (non-hydrogen) atoms. The van der Waals surface area contributed by atoms with Crippen LogP contribution in [0.25, 0.3) is 10.8 Å². The van der Waals surface area contributed by atoms with Gasteiger partial charge in [-0.15, -0.1) is 0 Å². The van der Waals surface area contributed by atoms with Gasteiger partial charge in [-0.05, 0) is 67.9 Å². The van der Waals surface area contributed by atoms with E-state index < -0.39 is 53.7 Å². The number of aliphatic hydroxyl groups is 1. The topological polar surface area (TPSA) is 177 Å². The predicted molar refractivity (Wildman–Crippen MR) is 198 cm³/mol. The van der Waals surface area contributed by atoms with E-state index in [-0.39, 0.29) is 38.2 Å². The molecule has 0 radical (unpaired) electrons. The molecule has 0 bridgehead atoms. The lowest BCUT2D eigenvalue weighted by Gasteiger charge is -2.34. The molecule has 0 fully saturated rings. The van der Waals surface area contributed by atoms with E-state index >= 15 is 0 Å². The smallest absolute Gasteiger partial charge is 0.417 e. The Kier molecular flexibility index (Phi) is 14.1. The third-order valence-electron chi connectivity index (χ3n) is 8.44. The van der Waals surface area contributed by atoms with Crippen LogP contribution in [0.5, 0.6) is 0 Å². The molecule has 1 heterocycles. The van der Waals surface area contributed by atoms with Crippen molar-refractivity contribution in [2.75, 3.05) is 0 Å². The molecule has 0 saturated heterocycles. The van der Waals surface area contributed by atoms with Crippen molar-refractivity contribution in [3.63, 3.8) is 0 Å². The molecule has 3 aromatic carbocycles. The Hall–Kier alpha value is -5.07. The minimum absolute atomic E-state index is 0.0138. The molecule has 1 aromatic heterocycles. The number of carbonyl (C=O) groups is 4. The van der Waals surface area contributed by atoms with Gasteiger partial charge in [0.15, 0.2) is 0 Å². The van der Waals surface area contributed by atoms with Gasteiger partial charge in [-0.25, -0.2) is 14.7 Å². The number of aliphatic hydroxyl groups excluding tert-OH is 1. The maximum Gasteiger partial charge on any atom is 0.417 e. The zero-order valence-electron chi connectivity index (χ0n) is 30.6. The van der Waals surface area contributed by atoms with Crippen molar-refractivity contribution in [1.29, 1.82) is 0 Å². The van der Waals surface area contributed by atoms with Crippen molar-refractivity contribution >= 4 is 34.6 Å². The van der Waals surface area contributed by atoms with Gasteiger partial charge >= 0.3 is 12.1 Å². The summed E-state index contributed by atoms with van der Waals surface area (Å²) in [5, 5.41) is 16.1. The van der Waals surface area contributed by atoms with Gasteiger partial charge in [0.2, 0.25) is 11.8 Å². The summed E-state index contributed by atoms with van der Waals surface area (Å²) in [6, 6.07) is 19.2. The fourth-order valence-corrected chi connectivity index (χ4v) is 5.93. The van der Waals surface area contributed by atoms with Crippen LogP contribution >= 0.6 is 0 Å². The lowest BCUT2D eigenvalue weighted by atomic mass is 9.95. The second-order valence-corrected chi connectivity index (χ2v) is 14.4. The summed E-state index contributed by atoms with van der Waals surface area (Å²) < 4.78 is 11.1. The van der Waals surface area contributed by atoms with Crippen molar-refractivity contribution < 1.29 is 33.8 Å². The second-order valence-electron chi connectivity index (χ2n) is 14.4. The van der Waals surface area contributed by atoms with Gasteiger partial charge in [-0.3, -0.25) is 14.4 Å². The Morgan fingerprint density at radius 3 is 2.33 bits per heavy atom. The fraction of sp³-hybridized carbons (Fsp3) is 0.425. The van der Waals surface area contributed by atoms with Gasteiger partial charge in [0, 0.05) is 19.0 Å². The average Bonchev–Trinajstić information content (AvgIpc) is 3.62. The molecule has 0 aliphatic carbocycles. The van der Waals surface area contributed by atoms with Crippen molar-refractivity contribution in [2.24, 2.45) is 11.7 Å². The monoisotopic (exact) mass is 713 g/mol. The number of aromatic nitrogens is 2. The number of nitrogens with zero attached hydrogens (tertiary/aromatic N) is 2. The molecule has 0 aliphatic rings. The Morgan fingerprint density at radius 2 is 1.65 bits per heavy atom. The Morgan fingerprint density at radius 1 is 0.962 bits per heavy atom. The molecule has 5 N–H and O–H groups in total. The molecular formula is C40H51N5O7. The largest absolute Gasteiger partial charge is 0.461 e. The van der Waals surface area contributed by atoms with E-state index in [2.05, 4.69) is 15.3 Å². The van der Waals surface area contributed by atoms with Crippen molar-refractivity contribution in [2.45, 2.75) is 103 Å². The van der Waals surface area contributed by atoms with Crippen LogP contribution in [0.1, 0.15) is 70.7 Å². The number of ether oxygens (including phenoxy) is 2. The van der Waals surface area contributed by atoms with Crippen LogP contribution in [-0.2, 0) is 43.3 Å². The Bertz CT molecular complexity index is 1770. The molecule has 12 heteroatoms. The number of fused-ring (bicyclic) bond motifs is 1. The Labute approximate surface area is 305 Å². The van der Waals surface area contributed by atoms with Gasteiger partial charge in [-0.1, -0.05) is 86.6 Å². The van der Waals surface area contributed by atoms with E-state index in [9.17, 15) is 24.3 Å². The van der Waals surface area contributed by atoms with E-state index in [1.54, 1.807) is 27.0 Å². The highest BCUT2D eigenvalue weighted by Gasteiger charge is 2.41. The number of hydrogen-bond donors (Lipinski definition) is 4. The summed E-state index contributed by atoms with van der Waals surface area (Å²) >= 11 is 0. The number of imidazole rings is 1. The summed E-state index contributed by atoms with van der Waals surface area (Å²) in [4.78, 5) is 63.0. The van der Waals surface area contributed by atoms with Crippen LogP contribution < -0.4 is 11.1 Å². The molecule has 0 aliphatic heterocycles. The number of hydrogen-bond acceptors (Lipinski definition) is 9. The maximum atomic E-state index is 14.3. The van der Waals surface area contributed by atoms with Crippen LogP contribution in [0, 0.1) is 5.92 Å². The number of nitrogens with one attached hydrogen (secondary N) is 2. The number of amides is 3. The molecule has 0 spiro atoms. The lowest BCUT2D eigenvalue weighted by molar-refractivity contribution is -0.146. The summed E-state index contributed by atoms with van der Waals surface area (Å²) in [7, 11) is 0. The van der Waals surface area contributed by atoms with E-state index in [4.69, 9.17) is 15.2 Å². The molecule has 3 amide bonds. The zero-order chi connectivity index (χ0) is 37.8. The van der Waals surface area contributed by atoms with E-state index in [0.717, 1.165) is 26.8 Å². The van der Waals surface area contributed by atoms with E-state index in [1.165, 1.54) is 6.33 Å². The zero-order valence-corrected chi connectivity index (χ0v) is 30.6. The van der Waals surface area contributed by atoms with Crippen molar-refractivity contribution in [3.8, 4) is 0 Å². The summed E-state index contributed by atoms with van der Waals surface area (Å²) in [5.41, 5.74) is 7.61. The van der Waals surface area contributed by atoms with Crippen molar-refractivity contribution in [1.82, 2.24) is 20.2 Å². The second kappa shape index (κ2) is 18.4. The molecule has 0 saturated carbocycles. The molecule has 0 unspecified atom stereocenters. The predicted octanol–water partition coefficient (Wildman–Crippen LogP) is 5.22. The molecule has 4 rings (SSSR count). The molecule has 4 atom stereocenters. The van der Waals surface area contributed by atoms with Crippen LogP contribution in [0.3, 0.4) is 0 Å². The average molecular weight is 714 g/mol. The molecule has 4 aromatic rings. The quantitative estimate of drug-likeness (QED) is 0.113. The van der Waals surface area contributed by atoms with Gasteiger partial charge in [-0.2, -0.15) is 0 Å². The maximum absolute atomic E-state index is 14.3. The molecule has 278 valence electrons. The standard InChI is InChI=1S/C40H51N5O7/c1-26(2)20-33(35(46)18-19-36(47)51-24-27-12-7-6-8-13-27)44-37(48)34(22-30-23-42-25-43-30)45(39(50)52-40(3,4)5)38(49)32(41)21-29-16-11-15-28-14-9-10-17-31(28)29/h6-17,23,25-26,32-35,46H,18-22,24,41H2,1-5H3,(H,42,43)(H,44,48)/t32-,33-,34-,35-/m0/s1. The van der Waals surface area contributed by atoms with Gasteiger partial charge in [0.05, 0.1) is 30.2 Å². The first-order valence-corrected chi connectivity index (χ1v) is 17.7. The van der Waals surface area contributed by atoms with E-state index in [1.807, 2.05) is 86.6 Å². The summed E-state index contributed by atoms with van der Waals surface area (Å²) in [5.74, 6) is -1.97. The number of benzene rings is 3. The third-order valence-corrected chi connectivity index (χ3v) is 8.44. The number of carbonyl (C=O) groups excluding carboxylic acids is 4. The Balaban J connectivity index is 1.59. The number of nitrogens with two attached hydrogens (primary N) is 1. The van der Waals surface area contributed by atoms with Gasteiger partial charge < -0.3 is 30.6 Å². The number of H-pyrrole nitrogens is 1.